The Morgan fingerprint density at radius 3 is 2.85 bits per heavy atom. The van der Waals surface area contributed by atoms with Crippen LogP contribution in [0.25, 0.3) is 6.08 Å². The molecule has 1 aromatic carbocycles. The van der Waals surface area contributed by atoms with E-state index in [1.807, 2.05) is 42.5 Å². The molecule has 0 unspecified atom stereocenters. The van der Waals surface area contributed by atoms with Gasteiger partial charge in [0.15, 0.2) is 5.78 Å². The highest BCUT2D eigenvalue weighted by atomic mass is 16.5. The van der Waals surface area contributed by atoms with Gasteiger partial charge >= 0.3 is 0 Å². The Morgan fingerprint density at radius 2 is 2.10 bits per heavy atom. The van der Waals surface area contributed by atoms with E-state index in [4.69, 9.17) is 4.74 Å². The molecular formula is C17H15NO2. The second kappa shape index (κ2) is 5.29. The highest BCUT2D eigenvalue weighted by Gasteiger charge is 2.22. The van der Waals surface area contributed by atoms with E-state index in [1.54, 1.807) is 13.3 Å². The molecule has 0 atom stereocenters. The highest BCUT2D eigenvalue weighted by molar-refractivity contribution is 6.13. The first-order valence-corrected chi connectivity index (χ1v) is 6.61. The zero-order valence-corrected chi connectivity index (χ0v) is 11.3. The topological polar surface area (TPSA) is 39.2 Å². The smallest absolute Gasteiger partial charge is 0.189 e. The summed E-state index contributed by atoms with van der Waals surface area (Å²) in [5, 5.41) is 0. The molecule has 1 aliphatic rings. The summed E-state index contributed by atoms with van der Waals surface area (Å²) in [7, 11) is 1.61. The second-order valence-electron chi connectivity index (χ2n) is 4.78. The summed E-state index contributed by atoms with van der Waals surface area (Å²) in [4.78, 5) is 16.8. The number of ether oxygens (including phenoxy) is 1. The van der Waals surface area contributed by atoms with E-state index in [9.17, 15) is 4.79 Å². The van der Waals surface area contributed by atoms with Crippen molar-refractivity contribution in [1.29, 1.82) is 0 Å². The standard InChI is InChI=1S/C17H15NO2/c1-20-15-8-7-12-5-6-13(17(19)16(12)11-15)10-14-4-2-3-9-18-14/h2-4,7-11H,5-6H2,1H3/b13-10+. The van der Waals surface area contributed by atoms with Crippen molar-refractivity contribution >= 4 is 11.9 Å². The minimum atomic E-state index is 0.0794. The van der Waals surface area contributed by atoms with Crippen molar-refractivity contribution < 1.29 is 9.53 Å². The summed E-state index contributed by atoms with van der Waals surface area (Å²) >= 11 is 0. The van der Waals surface area contributed by atoms with Gasteiger partial charge in [-0.1, -0.05) is 12.1 Å². The molecule has 1 aliphatic carbocycles. The van der Waals surface area contributed by atoms with Gasteiger partial charge in [-0.2, -0.15) is 0 Å². The molecule has 1 aromatic heterocycles. The molecule has 0 amide bonds. The van der Waals surface area contributed by atoms with Crippen LogP contribution in [0.1, 0.15) is 28.0 Å². The van der Waals surface area contributed by atoms with Gasteiger partial charge < -0.3 is 4.74 Å². The number of carbonyl (C=O) groups excluding carboxylic acids is 1. The minimum Gasteiger partial charge on any atom is -0.497 e. The fourth-order valence-electron chi connectivity index (χ4n) is 2.45. The molecule has 0 aliphatic heterocycles. The Morgan fingerprint density at radius 1 is 1.20 bits per heavy atom. The van der Waals surface area contributed by atoms with E-state index in [0.29, 0.717) is 0 Å². The lowest BCUT2D eigenvalue weighted by molar-refractivity contribution is 0.102. The Balaban J connectivity index is 1.98. The van der Waals surface area contributed by atoms with Crippen molar-refractivity contribution in [1.82, 2.24) is 4.98 Å². The second-order valence-corrected chi connectivity index (χ2v) is 4.78. The van der Waals surface area contributed by atoms with E-state index in [0.717, 1.165) is 41.0 Å². The number of nitrogens with zero attached hydrogens (tertiary/aromatic N) is 1. The number of allylic oxidation sites excluding steroid dienone is 1. The van der Waals surface area contributed by atoms with Gasteiger partial charge in [0.25, 0.3) is 0 Å². The Labute approximate surface area is 117 Å². The predicted molar refractivity (Wildman–Crippen MR) is 77.9 cm³/mol. The van der Waals surface area contributed by atoms with E-state index in [2.05, 4.69) is 4.98 Å². The van der Waals surface area contributed by atoms with Crippen molar-refractivity contribution in [2.24, 2.45) is 0 Å². The normalized spacial score (nSPS) is 16.1. The summed E-state index contributed by atoms with van der Waals surface area (Å²) in [6, 6.07) is 11.4. The van der Waals surface area contributed by atoms with Crippen LogP contribution in [0.2, 0.25) is 0 Å². The molecular weight excluding hydrogens is 250 g/mol. The van der Waals surface area contributed by atoms with Crippen LogP contribution in [-0.4, -0.2) is 17.9 Å². The number of aryl methyl sites for hydroxylation is 1. The van der Waals surface area contributed by atoms with Crippen LogP contribution in [0.3, 0.4) is 0 Å². The highest BCUT2D eigenvalue weighted by Crippen LogP contribution is 2.29. The third kappa shape index (κ3) is 2.35. The van der Waals surface area contributed by atoms with Gasteiger partial charge in [-0.3, -0.25) is 9.78 Å². The average Bonchev–Trinajstić information content (AvgIpc) is 2.51. The third-order valence-corrected chi connectivity index (χ3v) is 3.53. The zero-order valence-electron chi connectivity index (χ0n) is 11.3. The van der Waals surface area contributed by atoms with Gasteiger partial charge in [0.1, 0.15) is 5.75 Å². The van der Waals surface area contributed by atoms with Crippen molar-refractivity contribution in [3.63, 3.8) is 0 Å². The number of ketones is 1. The Kier molecular flexibility index (Phi) is 3.33. The fraction of sp³-hybridized carbons (Fsp3) is 0.176. The van der Waals surface area contributed by atoms with E-state index >= 15 is 0 Å². The molecule has 0 radical (unpaired) electrons. The fourth-order valence-corrected chi connectivity index (χ4v) is 2.45. The zero-order chi connectivity index (χ0) is 13.9. The van der Waals surface area contributed by atoms with E-state index < -0.39 is 0 Å². The lowest BCUT2D eigenvalue weighted by Crippen LogP contribution is -2.14. The van der Waals surface area contributed by atoms with E-state index in [-0.39, 0.29) is 5.78 Å². The number of benzene rings is 1. The van der Waals surface area contributed by atoms with Crippen LogP contribution in [0, 0.1) is 0 Å². The first-order valence-electron chi connectivity index (χ1n) is 6.61. The Hall–Kier alpha value is -2.42. The molecule has 0 bridgehead atoms. The van der Waals surface area contributed by atoms with Gasteiger partial charge in [0, 0.05) is 17.3 Å². The maximum absolute atomic E-state index is 12.5. The molecule has 2 aromatic rings. The van der Waals surface area contributed by atoms with Crippen LogP contribution < -0.4 is 4.74 Å². The molecule has 0 saturated carbocycles. The largest absolute Gasteiger partial charge is 0.497 e. The van der Waals surface area contributed by atoms with Crippen LogP contribution in [-0.2, 0) is 6.42 Å². The van der Waals surface area contributed by atoms with Crippen molar-refractivity contribution in [3.05, 3.63) is 65.0 Å². The summed E-state index contributed by atoms with van der Waals surface area (Å²) in [6.45, 7) is 0. The number of rotatable bonds is 2. The van der Waals surface area contributed by atoms with Gasteiger partial charge in [-0.15, -0.1) is 0 Å². The van der Waals surface area contributed by atoms with Gasteiger partial charge in [0.2, 0.25) is 0 Å². The Bertz CT molecular complexity index is 675. The number of hydrogen-bond acceptors (Lipinski definition) is 3. The molecule has 3 heteroatoms. The molecule has 0 N–H and O–H groups in total. The van der Waals surface area contributed by atoms with Crippen LogP contribution in [0.15, 0.2) is 48.2 Å². The number of hydrogen-bond donors (Lipinski definition) is 0. The summed E-state index contributed by atoms with van der Waals surface area (Å²) in [6.07, 6.45) is 5.25. The molecule has 0 fully saturated rings. The summed E-state index contributed by atoms with van der Waals surface area (Å²) in [5.74, 6) is 0.798. The van der Waals surface area contributed by atoms with Gasteiger partial charge in [-0.25, -0.2) is 0 Å². The first kappa shape index (κ1) is 12.6. The van der Waals surface area contributed by atoms with Crippen LogP contribution in [0.4, 0.5) is 0 Å². The monoisotopic (exact) mass is 265 g/mol. The minimum absolute atomic E-state index is 0.0794. The number of Topliss-reactive ketones (excluding diaryl/α,β-unsaturated/α-hetero) is 1. The molecule has 3 nitrogen and oxygen atoms in total. The number of fused-ring (bicyclic) bond motifs is 1. The van der Waals surface area contributed by atoms with Crippen molar-refractivity contribution in [2.75, 3.05) is 7.11 Å². The lowest BCUT2D eigenvalue weighted by Gasteiger charge is -2.18. The maximum atomic E-state index is 12.5. The molecule has 0 saturated heterocycles. The van der Waals surface area contributed by atoms with Crippen molar-refractivity contribution in [3.8, 4) is 5.75 Å². The van der Waals surface area contributed by atoms with E-state index in [1.165, 1.54) is 0 Å². The number of aromatic nitrogens is 1. The third-order valence-electron chi connectivity index (χ3n) is 3.53. The average molecular weight is 265 g/mol. The molecule has 100 valence electrons. The lowest BCUT2D eigenvalue weighted by atomic mass is 9.86. The number of methoxy groups -OCH3 is 1. The maximum Gasteiger partial charge on any atom is 0.189 e. The number of pyridine rings is 1. The van der Waals surface area contributed by atoms with Crippen molar-refractivity contribution in [2.45, 2.75) is 12.8 Å². The van der Waals surface area contributed by atoms with Gasteiger partial charge in [0.05, 0.1) is 12.8 Å². The SMILES string of the molecule is COc1ccc2c(c1)C(=O)/C(=C/c1ccccn1)CC2. The molecule has 20 heavy (non-hydrogen) atoms. The molecule has 1 heterocycles. The molecule has 3 rings (SSSR count). The quantitative estimate of drug-likeness (QED) is 0.782. The molecule has 0 spiro atoms. The van der Waals surface area contributed by atoms with Crippen LogP contribution in [0.5, 0.6) is 5.75 Å². The first-order chi connectivity index (χ1) is 9.78. The summed E-state index contributed by atoms with van der Waals surface area (Å²) < 4.78 is 5.20. The van der Waals surface area contributed by atoms with Crippen LogP contribution >= 0.6 is 0 Å². The van der Waals surface area contributed by atoms with Gasteiger partial charge in [-0.05, 0) is 48.7 Å². The predicted octanol–water partition coefficient (Wildman–Crippen LogP) is 3.30. The summed E-state index contributed by atoms with van der Waals surface area (Å²) in [5.41, 5.74) is 3.47. The number of carbonyl (C=O) groups is 1.